The lowest BCUT2D eigenvalue weighted by atomic mass is 10.2. The molecule has 0 aliphatic heterocycles. The highest BCUT2D eigenvalue weighted by Gasteiger charge is 2.37. The summed E-state index contributed by atoms with van der Waals surface area (Å²) >= 11 is 0. The predicted octanol–water partition coefficient (Wildman–Crippen LogP) is 3.02. The Morgan fingerprint density at radius 2 is 1.23 bits per heavy atom. The molecule has 26 heavy (non-hydrogen) atoms. The van der Waals surface area contributed by atoms with Gasteiger partial charge in [0.25, 0.3) is 0 Å². The molecule has 1 aromatic rings. The van der Waals surface area contributed by atoms with Gasteiger partial charge in [-0.3, -0.25) is 0 Å². The van der Waals surface area contributed by atoms with Crippen LogP contribution < -0.4 is 10.4 Å². The molecule has 7 heteroatoms. The molecule has 0 heterocycles. The van der Waals surface area contributed by atoms with Crippen LogP contribution in [-0.4, -0.2) is 36.2 Å². The maximum atomic E-state index is 9.41. The maximum Gasteiger partial charge on any atom is 0.205 e. The lowest BCUT2D eigenvalue weighted by Crippen LogP contribution is -2.62. The molecule has 146 valence electrons. The Kier molecular flexibility index (Phi) is 7.47. The molecule has 0 aliphatic rings. The highest BCUT2D eigenvalue weighted by Crippen LogP contribution is 2.24. The largest absolute Gasteiger partial charge is 0.457 e. The van der Waals surface area contributed by atoms with Crippen LogP contribution >= 0.6 is 0 Å². The van der Waals surface area contributed by atoms with Crippen LogP contribution in [0.1, 0.15) is 47.1 Å². The summed E-state index contributed by atoms with van der Waals surface area (Å²) in [6.45, 7) is 22.7. The van der Waals surface area contributed by atoms with Gasteiger partial charge >= 0.3 is 0 Å². The summed E-state index contributed by atoms with van der Waals surface area (Å²) in [6, 6.07) is 8.48. The fraction of sp³-hybridized carbons (Fsp3) is 0.632. The topological polar surface area (TPSA) is 42.2 Å². The van der Waals surface area contributed by atoms with E-state index in [2.05, 4.69) is 85.9 Å². The van der Waals surface area contributed by atoms with E-state index in [0.29, 0.717) is 0 Å². The third-order valence-corrected chi connectivity index (χ3v) is 16.5. The Morgan fingerprint density at radius 3 is 1.62 bits per heavy atom. The first-order valence-electron chi connectivity index (χ1n) is 9.40. The minimum Gasteiger partial charge on any atom is -0.457 e. The van der Waals surface area contributed by atoms with Crippen molar-refractivity contribution in [2.45, 2.75) is 77.8 Å². The van der Waals surface area contributed by atoms with E-state index in [0.717, 1.165) is 5.56 Å². The molecule has 0 fully saturated rings. The lowest BCUT2D eigenvalue weighted by molar-refractivity contribution is 0.547. The maximum absolute atomic E-state index is 9.41. The molecule has 0 amide bonds. The summed E-state index contributed by atoms with van der Waals surface area (Å²) in [4.78, 5) is 0. The molecule has 1 aromatic carbocycles. The van der Waals surface area contributed by atoms with Gasteiger partial charge in [-0.25, -0.2) is 0 Å². The third kappa shape index (κ3) is 7.25. The molecule has 0 spiro atoms. The van der Waals surface area contributed by atoms with Gasteiger partial charge in [0.2, 0.25) is 16.6 Å². The van der Waals surface area contributed by atoms with Crippen LogP contribution in [0, 0.1) is 11.3 Å². The molecule has 3 nitrogen and oxygen atoms in total. The second-order valence-electron chi connectivity index (χ2n) is 10.6. The number of hydrogen-bond acceptors (Lipinski definition) is 3. The van der Waals surface area contributed by atoms with Gasteiger partial charge < -0.3 is 8.23 Å². The van der Waals surface area contributed by atoms with E-state index in [1.807, 2.05) is 6.07 Å². The van der Waals surface area contributed by atoms with E-state index in [4.69, 9.17) is 8.23 Å². The Morgan fingerprint density at radius 1 is 0.808 bits per heavy atom. The summed E-state index contributed by atoms with van der Waals surface area (Å²) in [5.41, 5.74) is 0.725. The molecule has 0 aromatic heterocycles. The summed E-state index contributed by atoms with van der Waals surface area (Å²) in [7, 11) is -5.39. The van der Waals surface area contributed by atoms with Gasteiger partial charge in [0.15, 0.2) is 19.5 Å². The van der Waals surface area contributed by atoms with Crippen molar-refractivity contribution >= 4 is 46.5 Å². The minimum absolute atomic E-state index is 0.264. The fourth-order valence-corrected chi connectivity index (χ4v) is 14.4. The molecule has 0 aliphatic carbocycles. The minimum atomic E-state index is -2.09. The SMILES string of the molecule is CC(C)(C)[SiH2]O[Si](C)(C)c1ccc(C#N)cc1[Si](C)(C)O[SiH2]C(C)(C)C. The standard InChI is InChI=1S/C19H37NO2Si4/c1-18(2,3)23-21-25(7,8)16-12-11-15(14-20)13-17(16)26(9,10)22-24-19(4,5)6/h11-13H,23-24H2,1-10H3. The van der Waals surface area contributed by atoms with Crippen LogP contribution in [0.3, 0.4) is 0 Å². The zero-order valence-corrected chi connectivity index (χ0v) is 23.2. The first-order valence-corrected chi connectivity index (χ1v) is 17.8. The quantitative estimate of drug-likeness (QED) is 0.660. The van der Waals surface area contributed by atoms with Crippen molar-refractivity contribution in [1.29, 1.82) is 5.26 Å². The van der Waals surface area contributed by atoms with E-state index in [1.165, 1.54) is 10.4 Å². The number of benzene rings is 1. The van der Waals surface area contributed by atoms with E-state index < -0.39 is 36.2 Å². The van der Waals surface area contributed by atoms with Crippen molar-refractivity contribution in [3.05, 3.63) is 23.8 Å². The molecule has 1 rings (SSSR count). The number of nitrogens with zero attached hydrogens (tertiary/aromatic N) is 1. The normalized spacial score (nSPS) is 14.5. The Balaban J connectivity index is 3.31. The van der Waals surface area contributed by atoms with Crippen molar-refractivity contribution in [3.63, 3.8) is 0 Å². The first kappa shape index (κ1) is 23.5. The zero-order valence-electron chi connectivity index (χ0n) is 18.4. The smallest absolute Gasteiger partial charge is 0.205 e. The average molecular weight is 424 g/mol. The molecule has 0 radical (unpaired) electrons. The Hall–Kier alpha value is -0.502. The van der Waals surface area contributed by atoms with Gasteiger partial charge in [0, 0.05) is 0 Å². The predicted molar refractivity (Wildman–Crippen MR) is 124 cm³/mol. The fourth-order valence-electron chi connectivity index (χ4n) is 2.59. The van der Waals surface area contributed by atoms with Crippen molar-refractivity contribution in [3.8, 4) is 6.07 Å². The van der Waals surface area contributed by atoms with Gasteiger partial charge in [0.05, 0.1) is 11.6 Å². The molecule has 0 saturated heterocycles. The van der Waals surface area contributed by atoms with Crippen LogP contribution in [0.2, 0.25) is 36.3 Å². The zero-order chi connectivity index (χ0) is 20.4. The van der Waals surface area contributed by atoms with Crippen LogP contribution in [-0.2, 0) is 8.23 Å². The van der Waals surface area contributed by atoms with E-state index in [9.17, 15) is 5.26 Å². The van der Waals surface area contributed by atoms with Gasteiger partial charge in [-0.15, -0.1) is 0 Å². The number of hydrogen-bond donors (Lipinski definition) is 0. The van der Waals surface area contributed by atoms with Crippen molar-refractivity contribution in [2.75, 3.05) is 0 Å². The molecule has 0 N–H and O–H groups in total. The van der Waals surface area contributed by atoms with Crippen LogP contribution in [0.4, 0.5) is 0 Å². The highest BCUT2D eigenvalue weighted by atomic mass is 28.4. The average Bonchev–Trinajstić information content (AvgIpc) is 2.49. The molecule has 0 bridgehead atoms. The van der Waals surface area contributed by atoms with Crippen LogP contribution in [0.5, 0.6) is 0 Å². The van der Waals surface area contributed by atoms with Crippen molar-refractivity contribution < 1.29 is 8.23 Å². The van der Waals surface area contributed by atoms with Gasteiger partial charge in [-0.1, -0.05) is 47.6 Å². The van der Waals surface area contributed by atoms with E-state index >= 15 is 0 Å². The monoisotopic (exact) mass is 423 g/mol. The van der Waals surface area contributed by atoms with Gasteiger partial charge in [-0.2, -0.15) is 5.26 Å². The van der Waals surface area contributed by atoms with Crippen molar-refractivity contribution in [1.82, 2.24) is 0 Å². The molecular formula is C19H37NO2Si4. The van der Waals surface area contributed by atoms with Crippen LogP contribution in [0.25, 0.3) is 0 Å². The van der Waals surface area contributed by atoms with Gasteiger partial charge in [0.1, 0.15) is 0 Å². The first-order chi connectivity index (χ1) is 11.6. The Bertz CT molecular complexity index is 668. The highest BCUT2D eigenvalue weighted by molar-refractivity contribution is 6.96. The summed E-state index contributed by atoms with van der Waals surface area (Å²) in [5, 5.41) is 12.5. The molecule has 0 atom stereocenters. The van der Waals surface area contributed by atoms with E-state index in [-0.39, 0.29) is 10.1 Å². The molecule has 0 saturated carbocycles. The Labute approximate surface area is 167 Å². The second kappa shape index (κ2) is 8.25. The number of nitriles is 1. The molecule has 0 unspecified atom stereocenters. The summed E-state index contributed by atoms with van der Waals surface area (Å²) < 4.78 is 13.2. The second-order valence-corrected chi connectivity index (χ2v) is 24.8. The molecular weight excluding hydrogens is 387 g/mol. The lowest BCUT2D eigenvalue weighted by Gasteiger charge is -2.35. The van der Waals surface area contributed by atoms with E-state index in [1.54, 1.807) is 0 Å². The van der Waals surface area contributed by atoms with Gasteiger partial charge in [-0.05, 0) is 58.8 Å². The third-order valence-electron chi connectivity index (χ3n) is 4.18. The van der Waals surface area contributed by atoms with Crippen LogP contribution in [0.15, 0.2) is 18.2 Å². The van der Waals surface area contributed by atoms with Crippen molar-refractivity contribution in [2.24, 2.45) is 0 Å². The number of rotatable bonds is 6. The summed E-state index contributed by atoms with van der Waals surface area (Å²) in [5.74, 6) is 0. The summed E-state index contributed by atoms with van der Waals surface area (Å²) in [6.07, 6.45) is 0.